The highest BCUT2D eigenvalue weighted by atomic mass is 16.4. The van der Waals surface area contributed by atoms with Gasteiger partial charge in [0.1, 0.15) is 6.04 Å². The van der Waals surface area contributed by atoms with Crippen LogP contribution < -0.4 is 5.73 Å². The molecule has 4 N–H and O–H groups in total. The fourth-order valence-electron chi connectivity index (χ4n) is 0.285. The average molecular weight is 163 g/mol. The molecule has 0 aromatic carbocycles. The van der Waals surface area contributed by atoms with Crippen molar-refractivity contribution in [3.63, 3.8) is 0 Å². The number of nitrogens with two attached hydrogens (primary N) is 1. The molecule has 68 valence electrons. The standard InChI is InChI=1S/C5H11NO2.C2H6O/c1-3(2)4(6)5(7)8;1-2-3/h3-4H,6H2,1-2H3,(H,7,8);3H,2H2,1H3. The van der Waals surface area contributed by atoms with Gasteiger partial charge in [0.25, 0.3) is 0 Å². The van der Waals surface area contributed by atoms with E-state index in [9.17, 15) is 4.79 Å². The number of aliphatic hydroxyl groups excluding tert-OH is 1. The predicted molar refractivity (Wildman–Crippen MR) is 43.2 cm³/mol. The maximum absolute atomic E-state index is 10.0. The molecule has 0 aromatic heterocycles. The molecule has 0 saturated carbocycles. The molecular weight excluding hydrogens is 146 g/mol. The largest absolute Gasteiger partial charge is 0.480 e. The lowest BCUT2D eigenvalue weighted by Crippen LogP contribution is -2.34. The van der Waals surface area contributed by atoms with Crippen molar-refractivity contribution >= 4 is 5.97 Å². The number of hydrogen-bond acceptors (Lipinski definition) is 3. The molecule has 0 aliphatic heterocycles. The van der Waals surface area contributed by atoms with E-state index in [2.05, 4.69) is 0 Å². The molecule has 0 heterocycles. The normalized spacial score (nSPS) is 11.8. The summed E-state index contributed by atoms with van der Waals surface area (Å²) in [5.41, 5.74) is 5.16. The lowest BCUT2D eigenvalue weighted by Gasteiger charge is -2.07. The molecule has 0 fully saturated rings. The summed E-state index contributed by atoms with van der Waals surface area (Å²) in [5, 5.41) is 15.8. The van der Waals surface area contributed by atoms with Crippen molar-refractivity contribution in [3.8, 4) is 0 Å². The Morgan fingerprint density at radius 1 is 1.55 bits per heavy atom. The van der Waals surface area contributed by atoms with Crippen LogP contribution in [0.1, 0.15) is 20.8 Å². The monoisotopic (exact) mass is 163 g/mol. The Hall–Kier alpha value is -0.610. The first kappa shape index (κ1) is 13.0. The molecule has 0 rings (SSSR count). The first-order chi connectivity index (χ1) is 4.97. The summed E-state index contributed by atoms with van der Waals surface area (Å²) < 4.78 is 0. The van der Waals surface area contributed by atoms with Gasteiger partial charge in [-0.1, -0.05) is 13.8 Å². The maximum atomic E-state index is 10.0. The Morgan fingerprint density at radius 3 is 1.82 bits per heavy atom. The van der Waals surface area contributed by atoms with Gasteiger partial charge in [-0.15, -0.1) is 0 Å². The van der Waals surface area contributed by atoms with Gasteiger partial charge in [-0.2, -0.15) is 0 Å². The lowest BCUT2D eigenvalue weighted by atomic mass is 10.1. The van der Waals surface area contributed by atoms with Gasteiger partial charge in [-0.25, -0.2) is 0 Å². The molecule has 0 spiro atoms. The fourth-order valence-corrected chi connectivity index (χ4v) is 0.285. The second kappa shape index (κ2) is 7.50. The number of carboxylic acids is 1. The van der Waals surface area contributed by atoms with E-state index in [0.29, 0.717) is 0 Å². The van der Waals surface area contributed by atoms with Crippen LogP contribution in [0.15, 0.2) is 0 Å². The molecule has 4 heteroatoms. The van der Waals surface area contributed by atoms with Crippen LogP contribution in [0.3, 0.4) is 0 Å². The summed E-state index contributed by atoms with van der Waals surface area (Å²) in [5.74, 6) is -0.910. The zero-order valence-corrected chi connectivity index (χ0v) is 7.24. The van der Waals surface area contributed by atoms with Crippen molar-refractivity contribution in [2.24, 2.45) is 11.7 Å². The van der Waals surface area contributed by atoms with E-state index < -0.39 is 12.0 Å². The minimum atomic E-state index is -0.931. The van der Waals surface area contributed by atoms with E-state index in [1.165, 1.54) is 0 Å². The van der Waals surface area contributed by atoms with Crippen molar-refractivity contribution in [1.82, 2.24) is 0 Å². The Bertz CT molecular complexity index is 104. The van der Waals surface area contributed by atoms with Crippen LogP contribution in [0, 0.1) is 5.92 Å². The number of aliphatic hydroxyl groups is 1. The minimum absolute atomic E-state index is 0.0208. The van der Waals surface area contributed by atoms with E-state index in [-0.39, 0.29) is 12.5 Å². The Morgan fingerprint density at radius 2 is 1.82 bits per heavy atom. The first-order valence-corrected chi connectivity index (χ1v) is 3.56. The zero-order valence-electron chi connectivity index (χ0n) is 7.24. The van der Waals surface area contributed by atoms with E-state index in [1.807, 2.05) is 0 Å². The molecule has 1 unspecified atom stereocenters. The molecule has 0 radical (unpaired) electrons. The SMILES string of the molecule is CC(C)C(N)C(=O)O.CCO. The summed E-state index contributed by atoms with van der Waals surface area (Å²) in [6.07, 6.45) is 0. The van der Waals surface area contributed by atoms with Crippen LogP contribution in [0.5, 0.6) is 0 Å². The fraction of sp³-hybridized carbons (Fsp3) is 0.857. The topological polar surface area (TPSA) is 83.6 Å². The van der Waals surface area contributed by atoms with E-state index in [4.69, 9.17) is 15.9 Å². The van der Waals surface area contributed by atoms with Gasteiger partial charge in [0.15, 0.2) is 0 Å². The molecular formula is C7H17NO3. The van der Waals surface area contributed by atoms with Crippen LogP contribution in [0.25, 0.3) is 0 Å². The second-order valence-corrected chi connectivity index (χ2v) is 2.42. The molecule has 0 aromatic rings. The van der Waals surface area contributed by atoms with E-state index >= 15 is 0 Å². The number of aliphatic carboxylic acids is 1. The van der Waals surface area contributed by atoms with Gasteiger partial charge >= 0.3 is 5.97 Å². The second-order valence-electron chi connectivity index (χ2n) is 2.42. The molecule has 0 bridgehead atoms. The van der Waals surface area contributed by atoms with Crippen molar-refractivity contribution in [2.45, 2.75) is 26.8 Å². The summed E-state index contributed by atoms with van der Waals surface area (Å²) >= 11 is 0. The van der Waals surface area contributed by atoms with E-state index in [0.717, 1.165) is 0 Å². The van der Waals surface area contributed by atoms with Gasteiger partial charge in [0, 0.05) is 6.61 Å². The number of carboxylic acid groups (broad SMARTS) is 1. The van der Waals surface area contributed by atoms with Crippen molar-refractivity contribution in [3.05, 3.63) is 0 Å². The molecule has 11 heavy (non-hydrogen) atoms. The van der Waals surface area contributed by atoms with Crippen molar-refractivity contribution in [1.29, 1.82) is 0 Å². The maximum Gasteiger partial charge on any atom is 0.320 e. The number of hydrogen-bond donors (Lipinski definition) is 3. The minimum Gasteiger partial charge on any atom is -0.480 e. The highest BCUT2D eigenvalue weighted by molar-refractivity contribution is 5.73. The Kier molecular flexibility index (Phi) is 8.87. The van der Waals surface area contributed by atoms with Gasteiger partial charge < -0.3 is 15.9 Å². The quantitative estimate of drug-likeness (QED) is 0.537. The van der Waals surface area contributed by atoms with Crippen molar-refractivity contribution in [2.75, 3.05) is 6.61 Å². The first-order valence-electron chi connectivity index (χ1n) is 3.56. The summed E-state index contributed by atoms with van der Waals surface area (Å²) in [7, 11) is 0. The lowest BCUT2D eigenvalue weighted by molar-refractivity contribution is -0.139. The van der Waals surface area contributed by atoms with Crippen LogP contribution >= 0.6 is 0 Å². The van der Waals surface area contributed by atoms with E-state index in [1.54, 1.807) is 20.8 Å². The van der Waals surface area contributed by atoms with Crippen LogP contribution in [0.4, 0.5) is 0 Å². The summed E-state index contributed by atoms with van der Waals surface area (Å²) in [6.45, 7) is 5.48. The smallest absolute Gasteiger partial charge is 0.320 e. The van der Waals surface area contributed by atoms with Gasteiger partial charge in [-0.3, -0.25) is 4.79 Å². The zero-order chi connectivity index (χ0) is 9.44. The molecule has 0 amide bonds. The average Bonchev–Trinajstić information content (AvgIpc) is 1.87. The third kappa shape index (κ3) is 9.39. The third-order valence-electron chi connectivity index (χ3n) is 1.00. The number of carbonyl (C=O) groups is 1. The molecule has 0 aliphatic carbocycles. The molecule has 0 aliphatic rings. The predicted octanol–water partition coefficient (Wildman–Crippen LogP) is 0.0529. The Balaban J connectivity index is 0. The molecule has 4 nitrogen and oxygen atoms in total. The number of rotatable bonds is 2. The van der Waals surface area contributed by atoms with Crippen molar-refractivity contribution < 1.29 is 15.0 Å². The summed E-state index contributed by atoms with van der Waals surface area (Å²) in [4.78, 5) is 10.0. The third-order valence-corrected chi connectivity index (χ3v) is 1.00. The highest BCUT2D eigenvalue weighted by Crippen LogP contribution is 1.96. The van der Waals surface area contributed by atoms with Crippen LogP contribution in [-0.4, -0.2) is 28.8 Å². The van der Waals surface area contributed by atoms with Gasteiger partial charge in [-0.05, 0) is 12.8 Å². The summed E-state index contributed by atoms with van der Waals surface area (Å²) in [6, 6.07) is -0.713. The Labute approximate surface area is 67.0 Å². The molecule has 0 saturated heterocycles. The molecule has 1 atom stereocenters. The van der Waals surface area contributed by atoms with Crippen LogP contribution in [-0.2, 0) is 4.79 Å². The van der Waals surface area contributed by atoms with Gasteiger partial charge in [0.2, 0.25) is 0 Å². The highest BCUT2D eigenvalue weighted by Gasteiger charge is 2.14. The van der Waals surface area contributed by atoms with Gasteiger partial charge in [0.05, 0.1) is 0 Å². The van der Waals surface area contributed by atoms with Crippen LogP contribution in [0.2, 0.25) is 0 Å².